The number of anilines is 1. The molecule has 2 aromatic carbocycles. The predicted molar refractivity (Wildman–Crippen MR) is 111 cm³/mol. The number of halogens is 3. The second-order valence-electron chi connectivity index (χ2n) is 5.18. The van der Waals surface area contributed by atoms with E-state index in [1.54, 1.807) is 12.1 Å². The number of nitrogens with one attached hydrogen (secondary N) is 2. The molecule has 2 aromatic rings. The summed E-state index contributed by atoms with van der Waals surface area (Å²) in [6.07, 6.45) is 2.13. The van der Waals surface area contributed by atoms with Crippen LogP contribution in [0.5, 0.6) is 5.75 Å². The molecule has 1 amide bonds. The molecule has 5 nitrogen and oxygen atoms in total. The fourth-order valence-electron chi connectivity index (χ4n) is 2.01. The number of hydrogen-bond acceptors (Lipinski definition) is 4. The Morgan fingerprint density at radius 3 is 2.36 bits per heavy atom. The van der Waals surface area contributed by atoms with Crippen molar-refractivity contribution in [2.45, 2.75) is 19.4 Å². The van der Waals surface area contributed by atoms with Gasteiger partial charge in [-0.3, -0.25) is 4.79 Å². The van der Waals surface area contributed by atoms with E-state index in [0.717, 1.165) is 15.7 Å². The highest BCUT2D eigenvalue weighted by atomic mass is 79.9. The van der Waals surface area contributed by atoms with Crippen molar-refractivity contribution in [1.29, 1.82) is 0 Å². The van der Waals surface area contributed by atoms with E-state index in [-0.39, 0.29) is 11.7 Å². The van der Waals surface area contributed by atoms with Crippen molar-refractivity contribution in [1.82, 2.24) is 5.43 Å². The van der Waals surface area contributed by atoms with Crippen LogP contribution in [0.25, 0.3) is 0 Å². The maximum atomic E-state index is 12.3. The maximum absolute atomic E-state index is 12.3. The van der Waals surface area contributed by atoms with Crippen molar-refractivity contribution in [3.63, 3.8) is 0 Å². The van der Waals surface area contributed by atoms with Gasteiger partial charge in [0.2, 0.25) is 0 Å². The summed E-state index contributed by atoms with van der Waals surface area (Å²) in [5.74, 6) is -0.107. The molecule has 0 radical (unpaired) electrons. The molecule has 0 fully saturated rings. The van der Waals surface area contributed by atoms with Crippen LogP contribution >= 0.6 is 47.8 Å². The number of phenolic OH excluding ortho intramolecular Hbond substituents is 1. The third-order valence-corrected chi connectivity index (χ3v) is 5.08. The lowest BCUT2D eigenvalue weighted by Gasteiger charge is -2.16. The largest absolute Gasteiger partial charge is 0.506 e. The van der Waals surface area contributed by atoms with Gasteiger partial charge in [-0.25, -0.2) is 5.43 Å². The number of hydrogen-bond donors (Lipinski definition) is 3. The second-order valence-corrected chi connectivity index (χ2v) is 7.80. The second kappa shape index (κ2) is 9.35. The van der Waals surface area contributed by atoms with Crippen molar-refractivity contribution < 1.29 is 9.90 Å². The molecule has 8 heteroatoms. The van der Waals surface area contributed by atoms with Crippen LogP contribution in [0.3, 0.4) is 0 Å². The quantitative estimate of drug-likeness (QED) is 0.360. The lowest BCUT2D eigenvalue weighted by atomic mass is 10.2. The van der Waals surface area contributed by atoms with E-state index < -0.39 is 6.04 Å². The van der Waals surface area contributed by atoms with Gasteiger partial charge in [0.05, 0.1) is 15.2 Å². The van der Waals surface area contributed by atoms with Crippen LogP contribution in [0.1, 0.15) is 18.9 Å². The summed E-state index contributed by atoms with van der Waals surface area (Å²) >= 11 is 9.88. The van der Waals surface area contributed by atoms with Gasteiger partial charge in [-0.05, 0) is 80.2 Å². The van der Waals surface area contributed by atoms with Crippen LogP contribution in [-0.2, 0) is 4.79 Å². The van der Waals surface area contributed by atoms with Crippen LogP contribution in [0.2, 0.25) is 0 Å². The van der Waals surface area contributed by atoms with Crippen LogP contribution in [-0.4, -0.2) is 23.3 Å². The highest BCUT2D eigenvalue weighted by Crippen LogP contribution is 2.32. The lowest BCUT2D eigenvalue weighted by molar-refractivity contribution is -0.121. The first-order valence-corrected chi connectivity index (χ1v) is 9.81. The number of rotatable bonds is 6. The van der Waals surface area contributed by atoms with E-state index in [9.17, 15) is 9.90 Å². The fraction of sp³-hybridized carbons (Fsp3) is 0.176. The van der Waals surface area contributed by atoms with Gasteiger partial charge in [0.1, 0.15) is 11.8 Å². The van der Waals surface area contributed by atoms with Crippen LogP contribution < -0.4 is 10.7 Å². The zero-order valence-corrected chi connectivity index (χ0v) is 18.0. The van der Waals surface area contributed by atoms with Gasteiger partial charge in [-0.2, -0.15) is 5.10 Å². The summed E-state index contributed by atoms with van der Waals surface area (Å²) in [6.45, 7) is 1.92. The minimum absolute atomic E-state index is 0.117. The summed E-state index contributed by atoms with van der Waals surface area (Å²) in [6, 6.07) is 10.6. The molecule has 0 aliphatic rings. The molecule has 2 rings (SSSR count). The molecule has 0 aromatic heterocycles. The third-order valence-electron chi connectivity index (χ3n) is 3.34. The molecular weight excluding hydrogens is 518 g/mol. The van der Waals surface area contributed by atoms with Gasteiger partial charge in [-0.15, -0.1) is 0 Å². The highest BCUT2D eigenvalue weighted by molar-refractivity contribution is 9.11. The number of carbonyl (C=O) groups is 1. The van der Waals surface area contributed by atoms with Gasteiger partial charge in [0.25, 0.3) is 5.91 Å². The van der Waals surface area contributed by atoms with Crippen molar-refractivity contribution in [2.24, 2.45) is 5.10 Å². The van der Waals surface area contributed by atoms with Crippen LogP contribution in [0.15, 0.2) is 54.9 Å². The first-order valence-electron chi connectivity index (χ1n) is 7.43. The summed E-state index contributed by atoms with van der Waals surface area (Å²) in [4.78, 5) is 12.3. The number of nitrogens with zero attached hydrogens (tertiary/aromatic N) is 1. The molecule has 3 N–H and O–H groups in total. The van der Waals surface area contributed by atoms with Crippen LogP contribution in [0.4, 0.5) is 5.69 Å². The van der Waals surface area contributed by atoms with Gasteiger partial charge in [-0.1, -0.05) is 22.9 Å². The monoisotopic (exact) mass is 531 g/mol. The summed E-state index contributed by atoms with van der Waals surface area (Å²) < 4.78 is 2.06. The number of aromatic hydroxyl groups is 1. The van der Waals surface area contributed by atoms with E-state index >= 15 is 0 Å². The molecule has 0 bridgehead atoms. The number of hydrazone groups is 1. The average Bonchev–Trinajstić information content (AvgIpc) is 2.59. The zero-order valence-electron chi connectivity index (χ0n) is 13.3. The molecule has 1 atom stereocenters. The molecule has 0 spiro atoms. The van der Waals surface area contributed by atoms with E-state index in [2.05, 4.69) is 63.6 Å². The number of phenols is 1. The fourth-order valence-corrected chi connectivity index (χ4v) is 3.49. The summed E-state index contributed by atoms with van der Waals surface area (Å²) in [5, 5.41) is 16.8. The topological polar surface area (TPSA) is 73.7 Å². The number of benzene rings is 2. The summed E-state index contributed by atoms with van der Waals surface area (Å²) in [7, 11) is 0. The lowest BCUT2D eigenvalue weighted by Crippen LogP contribution is -2.36. The van der Waals surface area contributed by atoms with Crippen molar-refractivity contribution in [3.8, 4) is 5.75 Å². The average molecular weight is 534 g/mol. The Kier molecular flexibility index (Phi) is 7.46. The van der Waals surface area contributed by atoms with E-state index in [1.807, 2.05) is 31.2 Å². The Hall–Kier alpha value is -1.38. The Morgan fingerprint density at radius 1 is 1.20 bits per heavy atom. The molecule has 0 saturated heterocycles. The van der Waals surface area contributed by atoms with Gasteiger partial charge in [0, 0.05) is 10.2 Å². The van der Waals surface area contributed by atoms with Gasteiger partial charge < -0.3 is 10.4 Å². The van der Waals surface area contributed by atoms with Gasteiger partial charge >= 0.3 is 0 Å². The Bertz CT molecular complexity index is 756. The molecule has 0 aliphatic heterocycles. The molecule has 0 saturated carbocycles. The molecule has 132 valence electrons. The highest BCUT2D eigenvalue weighted by Gasteiger charge is 2.15. The van der Waals surface area contributed by atoms with Crippen molar-refractivity contribution in [3.05, 3.63) is 55.4 Å². The maximum Gasteiger partial charge on any atom is 0.262 e. The first-order chi connectivity index (χ1) is 11.9. The minimum atomic E-state index is -0.392. The van der Waals surface area contributed by atoms with E-state index in [0.29, 0.717) is 15.4 Å². The first kappa shape index (κ1) is 19.9. The standard InChI is InChI=1S/C17H16Br3N3O2/c1-2-15(22-12-5-3-11(18)4-6-12)17(25)23-21-9-10-7-13(19)16(24)14(20)8-10/h3-9,15,22,24H,2H2,1H3,(H,23,25). The minimum Gasteiger partial charge on any atom is -0.506 e. The molecule has 25 heavy (non-hydrogen) atoms. The normalized spacial score (nSPS) is 12.2. The smallest absolute Gasteiger partial charge is 0.262 e. The predicted octanol–water partition coefficient (Wildman–Crippen LogP) is 5.02. The number of amides is 1. The molecule has 1 unspecified atom stereocenters. The van der Waals surface area contributed by atoms with Crippen molar-refractivity contribution in [2.75, 3.05) is 5.32 Å². The van der Waals surface area contributed by atoms with Crippen molar-refractivity contribution >= 4 is 65.6 Å². The molecule has 0 heterocycles. The van der Waals surface area contributed by atoms with Crippen LogP contribution in [0, 0.1) is 0 Å². The third kappa shape index (κ3) is 5.83. The Balaban J connectivity index is 1.98. The van der Waals surface area contributed by atoms with Gasteiger partial charge in [0.15, 0.2) is 0 Å². The van der Waals surface area contributed by atoms with E-state index in [4.69, 9.17) is 0 Å². The molecular formula is C17H16Br3N3O2. The molecule has 0 aliphatic carbocycles. The zero-order chi connectivity index (χ0) is 18.4. The van der Waals surface area contributed by atoms with E-state index in [1.165, 1.54) is 6.21 Å². The SMILES string of the molecule is CCC(Nc1ccc(Br)cc1)C(=O)NN=Cc1cc(Br)c(O)c(Br)c1. The summed E-state index contributed by atoms with van der Waals surface area (Å²) in [5.41, 5.74) is 4.12. The Morgan fingerprint density at radius 2 is 1.80 bits per heavy atom. The Labute approximate surface area is 171 Å². The number of carbonyl (C=O) groups excluding carboxylic acids is 1.